The smallest absolute Gasteiger partial charge is 0.231 e. The minimum absolute atomic E-state index is 0.0467. The van der Waals surface area contributed by atoms with Crippen molar-refractivity contribution in [3.8, 4) is 0 Å². The van der Waals surface area contributed by atoms with Gasteiger partial charge >= 0.3 is 0 Å². The summed E-state index contributed by atoms with van der Waals surface area (Å²) in [6.45, 7) is 1.59. The zero-order chi connectivity index (χ0) is 14.8. The Morgan fingerprint density at radius 2 is 2.00 bits per heavy atom. The molecular formula is C11H11ClN4O2S. The second-order valence-corrected chi connectivity index (χ2v) is 6.20. The Hall–Kier alpha value is -1.73. The Bertz CT molecular complexity index is 701. The highest BCUT2D eigenvalue weighted by Gasteiger charge is 2.10. The second-order valence-electron chi connectivity index (χ2n) is 3.58. The molecule has 1 aromatic heterocycles. The molecular weight excluding hydrogens is 288 g/mol. The van der Waals surface area contributed by atoms with Gasteiger partial charge in [-0.15, -0.1) is 0 Å². The Balaban J connectivity index is 2.23. The third kappa shape index (κ3) is 3.39. The van der Waals surface area contributed by atoms with Gasteiger partial charge in [0.05, 0.1) is 10.6 Å². The van der Waals surface area contributed by atoms with Crippen molar-refractivity contribution in [2.75, 3.05) is 11.1 Å². The molecule has 8 heteroatoms. The number of aromatic nitrogens is 3. The van der Waals surface area contributed by atoms with Gasteiger partial charge in [0.25, 0.3) is 0 Å². The van der Waals surface area contributed by atoms with E-state index < -0.39 is 9.84 Å². The van der Waals surface area contributed by atoms with Crippen molar-refractivity contribution in [2.45, 2.75) is 11.8 Å². The SMILES string of the molecule is [2H]c1nc(Cl)nc(Nc2ccc(S(=O)(=O)CC)cc2)n1. The summed E-state index contributed by atoms with van der Waals surface area (Å²) in [4.78, 5) is 11.3. The number of hydrogen-bond donors (Lipinski definition) is 1. The molecule has 0 aliphatic rings. The topological polar surface area (TPSA) is 84.8 Å². The minimum atomic E-state index is -3.22. The maximum Gasteiger partial charge on any atom is 0.231 e. The van der Waals surface area contributed by atoms with E-state index in [9.17, 15) is 8.42 Å². The zero-order valence-corrected chi connectivity index (χ0v) is 11.5. The van der Waals surface area contributed by atoms with Crippen LogP contribution >= 0.6 is 11.6 Å². The van der Waals surface area contributed by atoms with Gasteiger partial charge in [-0.25, -0.2) is 18.4 Å². The minimum Gasteiger partial charge on any atom is -0.324 e. The zero-order valence-electron chi connectivity index (χ0n) is 11.0. The molecule has 0 spiro atoms. The fourth-order valence-corrected chi connectivity index (χ4v) is 2.35. The molecule has 0 aliphatic heterocycles. The second kappa shape index (κ2) is 5.50. The lowest BCUT2D eigenvalue weighted by Crippen LogP contribution is -2.04. The van der Waals surface area contributed by atoms with Crippen molar-refractivity contribution >= 4 is 33.1 Å². The van der Waals surface area contributed by atoms with Gasteiger partial charge < -0.3 is 5.32 Å². The van der Waals surface area contributed by atoms with Gasteiger partial charge in [0, 0.05) is 5.69 Å². The summed E-state index contributed by atoms with van der Waals surface area (Å²) < 4.78 is 30.6. The number of rotatable bonds is 4. The lowest BCUT2D eigenvalue weighted by molar-refractivity contribution is 0.597. The van der Waals surface area contributed by atoms with E-state index in [0.717, 1.165) is 0 Å². The van der Waals surface area contributed by atoms with Gasteiger partial charge in [-0.3, -0.25) is 0 Å². The molecule has 0 atom stereocenters. The number of hydrogen-bond acceptors (Lipinski definition) is 6. The van der Waals surface area contributed by atoms with Crippen molar-refractivity contribution in [3.05, 3.63) is 35.9 Å². The van der Waals surface area contributed by atoms with Crippen molar-refractivity contribution in [1.29, 1.82) is 0 Å². The van der Waals surface area contributed by atoms with Crippen molar-refractivity contribution < 1.29 is 9.79 Å². The Morgan fingerprint density at radius 3 is 2.58 bits per heavy atom. The number of nitrogens with one attached hydrogen (secondary N) is 1. The molecule has 0 radical (unpaired) electrons. The summed E-state index contributed by atoms with van der Waals surface area (Å²) in [7, 11) is -3.22. The first-order chi connectivity index (χ1) is 9.40. The molecule has 1 heterocycles. The molecule has 2 rings (SSSR count). The lowest BCUT2D eigenvalue weighted by atomic mass is 10.3. The lowest BCUT2D eigenvalue weighted by Gasteiger charge is -2.06. The van der Waals surface area contributed by atoms with Gasteiger partial charge in [0.15, 0.2) is 9.84 Å². The van der Waals surface area contributed by atoms with Gasteiger partial charge in [-0.1, -0.05) is 6.92 Å². The molecule has 0 saturated carbocycles. The molecule has 19 heavy (non-hydrogen) atoms. The normalized spacial score (nSPS) is 12.0. The quantitative estimate of drug-likeness (QED) is 0.930. The van der Waals surface area contributed by atoms with Crippen LogP contribution in [-0.2, 0) is 9.84 Å². The van der Waals surface area contributed by atoms with Crippen LogP contribution in [0.2, 0.25) is 5.28 Å². The van der Waals surface area contributed by atoms with Crippen molar-refractivity contribution in [2.24, 2.45) is 0 Å². The fourth-order valence-electron chi connectivity index (χ4n) is 1.35. The summed E-state index contributed by atoms with van der Waals surface area (Å²) in [5, 5.41) is 2.74. The predicted molar refractivity (Wildman–Crippen MR) is 72.3 cm³/mol. The fraction of sp³-hybridized carbons (Fsp3) is 0.182. The van der Waals surface area contributed by atoms with E-state index >= 15 is 0 Å². The third-order valence-corrected chi connectivity index (χ3v) is 4.27. The molecule has 0 saturated heterocycles. The Labute approximate surface area is 117 Å². The van der Waals surface area contributed by atoms with E-state index in [0.29, 0.717) is 5.69 Å². The van der Waals surface area contributed by atoms with Crippen LogP contribution in [0.4, 0.5) is 11.6 Å². The largest absolute Gasteiger partial charge is 0.324 e. The molecule has 0 fully saturated rings. The first kappa shape index (κ1) is 12.3. The van der Waals surface area contributed by atoms with E-state index in [1.807, 2.05) is 0 Å². The highest BCUT2D eigenvalue weighted by atomic mass is 35.5. The van der Waals surface area contributed by atoms with E-state index in [-0.39, 0.29) is 28.2 Å². The van der Waals surface area contributed by atoms with Crippen LogP contribution in [0.5, 0.6) is 0 Å². The van der Waals surface area contributed by atoms with Crippen LogP contribution in [0.3, 0.4) is 0 Å². The molecule has 0 amide bonds. The summed E-state index contributed by atoms with van der Waals surface area (Å²) in [6.07, 6.45) is -0.252. The van der Waals surface area contributed by atoms with Gasteiger partial charge in [0.1, 0.15) is 7.67 Å². The van der Waals surface area contributed by atoms with E-state index in [2.05, 4.69) is 20.3 Å². The first-order valence-electron chi connectivity index (χ1n) is 5.89. The van der Waals surface area contributed by atoms with Crippen LogP contribution in [0.15, 0.2) is 35.5 Å². The van der Waals surface area contributed by atoms with Crippen LogP contribution in [0, 0.1) is 0 Å². The average Bonchev–Trinajstić information content (AvgIpc) is 2.38. The van der Waals surface area contributed by atoms with E-state index in [1.54, 1.807) is 19.1 Å². The average molecular weight is 300 g/mol. The predicted octanol–water partition coefficient (Wildman–Crippen LogP) is 2.06. The molecule has 2 aromatic rings. The molecule has 0 bridgehead atoms. The van der Waals surface area contributed by atoms with Gasteiger partial charge in [0.2, 0.25) is 11.2 Å². The molecule has 1 N–H and O–H groups in total. The highest BCUT2D eigenvalue weighted by molar-refractivity contribution is 7.91. The highest BCUT2D eigenvalue weighted by Crippen LogP contribution is 2.17. The molecule has 6 nitrogen and oxygen atoms in total. The summed E-state index contributed by atoms with van der Waals surface area (Å²) in [6, 6.07) is 6.16. The van der Waals surface area contributed by atoms with Crippen molar-refractivity contribution in [3.63, 3.8) is 0 Å². The number of benzene rings is 1. The van der Waals surface area contributed by atoms with Gasteiger partial charge in [-0.2, -0.15) is 4.98 Å². The first-order valence-corrected chi connectivity index (χ1v) is 7.42. The Morgan fingerprint density at radius 1 is 1.32 bits per heavy atom. The van der Waals surface area contributed by atoms with Crippen molar-refractivity contribution in [1.82, 2.24) is 15.0 Å². The number of sulfone groups is 1. The summed E-state index contributed by atoms with van der Waals surface area (Å²) >= 11 is 5.62. The maximum atomic E-state index is 11.7. The molecule has 1 aromatic carbocycles. The molecule has 0 aliphatic carbocycles. The van der Waals surface area contributed by atoms with Crippen LogP contribution in [-0.4, -0.2) is 29.1 Å². The maximum absolute atomic E-state index is 11.7. The molecule has 100 valence electrons. The number of halogens is 1. The van der Waals surface area contributed by atoms with Crippen LogP contribution < -0.4 is 5.32 Å². The summed E-state index contributed by atoms with van der Waals surface area (Å²) in [5.41, 5.74) is 0.585. The standard InChI is InChI=1S/C11H11ClN4O2S/c1-2-19(17,18)9-5-3-8(4-6-9)15-11-14-7-13-10(12)16-11/h3-7H,2H2,1H3,(H,13,14,15,16)/i7D. The van der Waals surface area contributed by atoms with Crippen LogP contribution in [0.1, 0.15) is 8.29 Å². The molecule has 0 unspecified atom stereocenters. The van der Waals surface area contributed by atoms with Crippen LogP contribution in [0.25, 0.3) is 0 Å². The third-order valence-electron chi connectivity index (χ3n) is 2.35. The monoisotopic (exact) mass is 299 g/mol. The van der Waals surface area contributed by atoms with Gasteiger partial charge in [-0.05, 0) is 35.9 Å². The number of anilines is 2. The van der Waals surface area contributed by atoms with E-state index in [1.165, 1.54) is 12.1 Å². The van der Waals surface area contributed by atoms with E-state index in [4.69, 9.17) is 13.0 Å². The number of nitrogens with zero attached hydrogens (tertiary/aromatic N) is 3. The Kier molecular flexibility index (Phi) is 3.56. The summed E-state index contributed by atoms with van der Waals surface area (Å²) in [5.74, 6) is 0.173.